The van der Waals surface area contributed by atoms with Crippen molar-refractivity contribution in [2.45, 2.75) is 19.3 Å². The van der Waals surface area contributed by atoms with Crippen molar-refractivity contribution in [3.05, 3.63) is 50.9 Å². The molecular weight excluding hydrogens is 299 g/mol. The Balaban J connectivity index is 2.15. The molecule has 0 aliphatic carbocycles. The largest absolute Gasteiger partial charge is 0.322 e. The lowest BCUT2D eigenvalue weighted by atomic mass is 10.2. The molecule has 2 heterocycles. The third kappa shape index (κ3) is 2.38. The summed E-state index contributed by atoms with van der Waals surface area (Å²) in [6, 6.07) is 7.87. The fourth-order valence-electron chi connectivity index (χ4n) is 2.13. The molecule has 0 atom stereocenters. The Hall–Kier alpha value is -1.03. The quantitative estimate of drug-likeness (QED) is 0.632. The van der Waals surface area contributed by atoms with Gasteiger partial charge in [-0.15, -0.1) is 22.9 Å². The average molecular weight is 311 g/mol. The number of hydrogen-bond acceptors (Lipinski definition) is 2. The molecule has 0 amide bonds. The molecule has 0 fully saturated rings. The van der Waals surface area contributed by atoms with Crippen LogP contribution in [0.25, 0.3) is 11.0 Å². The fraction of sp³-hybridized carbons (Fsp3) is 0.214. The van der Waals surface area contributed by atoms with Crippen molar-refractivity contribution in [3.8, 4) is 0 Å². The Morgan fingerprint density at radius 1 is 1.32 bits per heavy atom. The van der Waals surface area contributed by atoms with E-state index in [1.54, 1.807) is 11.3 Å². The van der Waals surface area contributed by atoms with E-state index in [1.807, 2.05) is 18.2 Å². The van der Waals surface area contributed by atoms with E-state index in [-0.39, 0.29) is 0 Å². The maximum atomic E-state index is 6.08. The smallest absolute Gasteiger partial charge is 0.125 e. The number of fused-ring (bicyclic) bond motifs is 1. The maximum Gasteiger partial charge on any atom is 0.125 e. The highest BCUT2D eigenvalue weighted by Gasteiger charge is 2.12. The normalized spacial score (nSPS) is 11.3. The van der Waals surface area contributed by atoms with Gasteiger partial charge < -0.3 is 4.57 Å². The Morgan fingerprint density at radius 2 is 2.16 bits per heavy atom. The first-order valence-electron chi connectivity index (χ1n) is 5.92. The summed E-state index contributed by atoms with van der Waals surface area (Å²) in [6.45, 7) is 2.92. The molecule has 98 valence electrons. The SMILES string of the molecule is Cc1ccsc1Cn1c(CCl)nc2ccc(Cl)cc21. The van der Waals surface area contributed by atoms with Crippen molar-refractivity contribution >= 4 is 45.6 Å². The summed E-state index contributed by atoms with van der Waals surface area (Å²) in [5.74, 6) is 1.28. The highest BCUT2D eigenvalue weighted by molar-refractivity contribution is 7.10. The Labute approximate surface area is 125 Å². The number of benzene rings is 1. The average Bonchev–Trinajstić information content (AvgIpc) is 2.95. The molecule has 0 aliphatic rings. The standard InChI is InChI=1S/C14H12Cl2N2S/c1-9-4-5-19-13(9)8-18-12-6-10(16)2-3-11(12)17-14(18)7-15/h2-6H,7-8H2,1H3. The summed E-state index contributed by atoms with van der Waals surface area (Å²) < 4.78 is 2.15. The minimum absolute atomic E-state index is 0.400. The first-order valence-corrected chi connectivity index (χ1v) is 7.72. The minimum atomic E-state index is 0.400. The van der Waals surface area contributed by atoms with Gasteiger partial charge in [-0.1, -0.05) is 11.6 Å². The van der Waals surface area contributed by atoms with Gasteiger partial charge in [0.1, 0.15) is 5.82 Å². The molecule has 2 nitrogen and oxygen atoms in total. The van der Waals surface area contributed by atoms with Gasteiger partial charge in [-0.25, -0.2) is 4.98 Å². The molecule has 0 N–H and O–H groups in total. The number of imidazole rings is 1. The predicted molar refractivity (Wildman–Crippen MR) is 82.5 cm³/mol. The number of hydrogen-bond donors (Lipinski definition) is 0. The highest BCUT2D eigenvalue weighted by atomic mass is 35.5. The van der Waals surface area contributed by atoms with Crippen molar-refractivity contribution < 1.29 is 0 Å². The van der Waals surface area contributed by atoms with Crippen molar-refractivity contribution in [3.63, 3.8) is 0 Å². The second-order valence-corrected chi connectivity index (χ2v) is 6.11. The van der Waals surface area contributed by atoms with Crippen LogP contribution in [0, 0.1) is 6.92 Å². The van der Waals surface area contributed by atoms with E-state index in [0.29, 0.717) is 5.88 Å². The minimum Gasteiger partial charge on any atom is -0.322 e. The molecule has 19 heavy (non-hydrogen) atoms. The van der Waals surface area contributed by atoms with Crippen LogP contribution in [0.4, 0.5) is 0 Å². The van der Waals surface area contributed by atoms with Crippen molar-refractivity contribution in [1.82, 2.24) is 9.55 Å². The second kappa shape index (κ2) is 5.16. The molecule has 0 aliphatic heterocycles. The van der Waals surface area contributed by atoms with Crippen molar-refractivity contribution in [2.75, 3.05) is 0 Å². The molecule has 1 aromatic carbocycles. The Kier molecular flexibility index (Phi) is 3.52. The van der Waals surface area contributed by atoms with Crippen LogP contribution in [0.3, 0.4) is 0 Å². The molecule has 0 saturated carbocycles. The van der Waals surface area contributed by atoms with Gasteiger partial charge >= 0.3 is 0 Å². The zero-order valence-electron chi connectivity index (χ0n) is 10.4. The maximum absolute atomic E-state index is 6.08. The first kappa shape index (κ1) is 13.0. The zero-order chi connectivity index (χ0) is 13.4. The van der Waals surface area contributed by atoms with Gasteiger partial charge in [-0.05, 0) is 42.1 Å². The van der Waals surface area contributed by atoms with E-state index in [2.05, 4.69) is 27.9 Å². The van der Waals surface area contributed by atoms with Gasteiger partial charge in [0, 0.05) is 9.90 Å². The summed E-state index contributed by atoms with van der Waals surface area (Å²) in [7, 11) is 0. The third-order valence-corrected chi connectivity index (χ3v) is 4.66. The predicted octanol–water partition coefficient (Wildman–Crippen LogP) is 4.85. The fourth-order valence-corrected chi connectivity index (χ4v) is 3.40. The van der Waals surface area contributed by atoms with Gasteiger partial charge in [0.15, 0.2) is 0 Å². The van der Waals surface area contributed by atoms with Crippen molar-refractivity contribution in [1.29, 1.82) is 0 Å². The summed E-state index contributed by atoms with van der Waals surface area (Å²) in [6.07, 6.45) is 0. The van der Waals surface area contributed by atoms with Crippen LogP contribution in [0.2, 0.25) is 5.02 Å². The molecule has 3 rings (SSSR count). The zero-order valence-corrected chi connectivity index (χ0v) is 12.7. The number of nitrogens with zero attached hydrogens (tertiary/aromatic N) is 2. The van der Waals surface area contributed by atoms with E-state index in [0.717, 1.165) is 28.4 Å². The molecular formula is C14H12Cl2N2S. The monoisotopic (exact) mass is 310 g/mol. The number of aryl methyl sites for hydroxylation is 1. The molecule has 0 bridgehead atoms. The molecule has 0 unspecified atom stereocenters. The van der Waals surface area contributed by atoms with Gasteiger partial charge in [0.25, 0.3) is 0 Å². The third-order valence-electron chi connectivity index (χ3n) is 3.18. The van der Waals surface area contributed by atoms with E-state index in [4.69, 9.17) is 23.2 Å². The van der Waals surface area contributed by atoms with Gasteiger partial charge in [0.2, 0.25) is 0 Å². The Bertz CT molecular complexity index is 730. The van der Waals surface area contributed by atoms with Crippen LogP contribution in [-0.4, -0.2) is 9.55 Å². The molecule has 0 spiro atoms. The van der Waals surface area contributed by atoms with E-state index in [1.165, 1.54) is 10.4 Å². The van der Waals surface area contributed by atoms with Crippen LogP contribution in [0.1, 0.15) is 16.3 Å². The second-order valence-electron chi connectivity index (χ2n) is 4.41. The molecule has 0 saturated heterocycles. The summed E-state index contributed by atoms with van der Waals surface area (Å²) in [5, 5.41) is 2.83. The van der Waals surface area contributed by atoms with Crippen LogP contribution in [0.15, 0.2) is 29.6 Å². The molecule has 3 aromatic rings. The van der Waals surface area contributed by atoms with E-state index in [9.17, 15) is 0 Å². The number of rotatable bonds is 3. The van der Waals surface area contributed by atoms with E-state index < -0.39 is 0 Å². The Morgan fingerprint density at radius 3 is 2.84 bits per heavy atom. The lowest BCUT2D eigenvalue weighted by Crippen LogP contribution is -2.03. The van der Waals surface area contributed by atoms with Crippen LogP contribution in [0.5, 0.6) is 0 Å². The number of thiophene rings is 1. The van der Waals surface area contributed by atoms with Gasteiger partial charge in [-0.3, -0.25) is 0 Å². The van der Waals surface area contributed by atoms with E-state index >= 15 is 0 Å². The van der Waals surface area contributed by atoms with Gasteiger partial charge in [0.05, 0.1) is 23.5 Å². The lowest BCUT2D eigenvalue weighted by Gasteiger charge is -2.07. The van der Waals surface area contributed by atoms with Crippen LogP contribution >= 0.6 is 34.5 Å². The topological polar surface area (TPSA) is 17.8 Å². The van der Waals surface area contributed by atoms with Crippen LogP contribution in [-0.2, 0) is 12.4 Å². The highest BCUT2D eigenvalue weighted by Crippen LogP contribution is 2.25. The molecule has 2 aromatic heterocycles. The number of alkyl halides is 1. The van der Waals surface area contributed by atoms with Crippen LogP contribution < -0.4 is 0 Å². The number of aromatic nitrogens is 2. The van der Waals surface area contributed by atoms with Gasteiger partial charge in [-0.2, -0.15) is 0 Å². The molecule has 0 radical (unpaired) electrons. The summed E-state index contributed by atoms with van der Waals surface area (Å²) >= 11 is 13.9. The lowest BCUT2D eigenvalue weighted by molar-refractivity contribution is 0.786. The summed E-state index contributed by atoms with van der Waals surface area (Å²) in [5.41, 5.74) is 3.28. The first-order chi connectivity index (χ1) is 9.19. The van der Waals surface area contributed by atoms with Crippen molar-refractivity contribution in [2.24, 2.45) is 0 Å². The summed E-state index contributed by atoms with van der Waals surface area (Å²) in [4.78, 5) is 5.88. The number of halogens is 2. The molecule has 5 heteroatoms.